The maximum absolute atomic E-state index is 11.6. The second kappa shape index (κ2) is 6.58. The van der Waals surface area contributed by atoms with Gasteiger partial charge in [0.1, 0.15) is 0 Å². The normalized spacial score (nSPS) is 20.6. The quantitative estimate of drug-likeness (QED) is 0.713. The van der Waals surface area contributed by atoms with Gasteiger partial charge in [-0.3, -0.25) is 14.5 Å². The van der Waals surface area contributed by atoms with Crippen LogP contribution in [0.25, 0.3) is 0 Å². The van der Waals surface area contributed by atoms with Gasteiger partial charge in [0.25, 0.3) is 0 Å². The van der Waals surface area contributed by atoms with Gasteiger partial charge in [0, 0.05) is 6.54 Å². The highest BCUT2D eigenvalue weighted by atomic mass is 16.4. The van der Waals surface area contributed by atoms with Crippen LogP contribution in [0.15, 0.2) is 0 Å². The molecule has 1 fully saturated rings. The maximum atomic E-state index is 11.6. The molecular formula is C14H22N2O3. The van der Waals surface area contributed by atoms with Crippen LogP contribution in [0.3, 0.4) is 0 Å². The van der Waals surface area contributed by atoms with Crippen LogP contribution < -0.4 is 5.32 Å². The molecule has 1 atom stereocenters. The van der Waals surface area contributed by atoms with Crippen molar-refractivity contribution in [2.75, 3.05) is 26.2 Å². The number of amides is 1. The summed E-state index contributed by atoms with van der Waals surface area (Å²) in [6.45, 7) is 5.49. The van der Waals surface area contributed by atoms with Gasteiger partial charge in [-0.05, 0) is 39.2 Å². The van der Waals surface area contributed by atoms with E-state index in [2.05, 4.69) is 11.2 Å². The van der Waals surface area contributed by atoms with E-state index in [0.29, 0.717) is 6.54 Å². The van der Waals surface area contributed by atoms with Gasteiger partial charge in [-0.25, -0.2) is 0 Å². The van der Waals surface area contributed by atoms with E-state index >= 15 is 0 Å². The van der Waals surface area contributed by atoms with Crippen LogP contribution in [0.5, 0.6) is 0 Å². The van der Waals surface area contributed by atoms with E-state index < -0.39 is 11.4 Å². The SMILES string of the molecule is C#CCNC(=O)CN1CCCC(C(C)(C)C(=O)O)C1. The van der Waals surface area contributed by atoms with Gasteiger partial charge in [0.15, 0.2) is 0 Å². The lowest BCUT2D eigenvalue weighted by atomic mass is 9.74. The molecule has 1 amide bonds. The third-order valence-corrected chi connectivity index (χ3v) is 3.83. The van der Waals surface area contributed by atoms with E-state index in [1.54, 1.807) is 13.8 Å². The van der Waals surface area contributed by atoms with Gasteiger partial charge in [-0.15, -0.1) is 6.42 Å². The number of aliphatic carboxylic acids is 1. The first-order valence-corrected chi connectivity index (χ1v) is 6.54. The van der Waals surface area contributed by atoms with Crippen molar-refractivity contribution in [1.82, 2.24) is 10.2 Å². The average Bonchev–Trinajstić information content (AvgIpc) is 2.36. The standard InChI is InChI=1S/C14H22N2O3/c1-4-7-15-12(17)10-16-8-5-6-11(9-16)14(2,3)13(18)19/h1,11H,5-10H2,2-3H3,(H,15,17)(H,18,19). The second-order valence-electron chi connectivity index (χ2n) is 5.58. The first-order chi connectivity index (χ1) is 8.87. The highest BCUT2D eigenvalue weighted by Crippen LogP contribution is 2.34. The molecule has 0 aromatic carbocycles. The zero-order chi connectivity index (χ0) is 14.5. The van der Waals surface area contributed by atoms with E-state index in [-0.39, 0.29) is 24.9 Å². The summed E-state index contributed by atoms with van der Waals surface area (Å²) in [6.07, 6.45) is 6.89. The Balaban J connectivity index is 2.53. The summed E-state index contributed by atoms with van der Waals surface area (Å²) in [4.78, 5) is 24.9. The number of terminal acetylenes is 1. The van der Waals surface area contributed by atoms with E-state index in [4.69, 9.17) is 6.42 Å². The lowest BCUT2D eigenvalue weighted by Crippen LogP contribution is -2.47. The Bertz CT molecular complexity index is 385. The molecular weight excluding hydrogens is 244 g/mol. The molecule has 19 heavy (non-hydrogen) atoms. The van der Waals surface area contributed by atoms with Crippen molar-refractivity contribution in [3.8, 4) is 12.3 Å². The Kier molecular flexibility index (Phi) is 5.37. The Labute approximate surface area is 114 Å². The lowest BCUT2D eigenvalue weighted by Gasteiger charge is -2.38. The summed E-state index contributed by atoms with van der Waals surface area (Å²) in [7, 11) is 0. The van der Waals surface area contributed by atoms with Crippen molar-refractivity contribution >= 4 is 11.9 Å². The molecule has 0 spiro atoms. The number of carbonyl (C=O) groups excluding carboxylic acids is 1. The molecule has 1 aliphatic heterocycles. The van der Waals surface area contributed by atoms with Crippen molar-refractivity contribution in [3.05, 3.63) is 0 Å². The zero-order valence-electron chi connectivity index (χ0n) is 11.6. The predicted molar refractivity (Wildman–Crippen MR) is 72.4 cm³/mol. The highest BCUT2D eigenvalue weighted by molar-refractivity contribution is 5.78. The van der Waals surface area contributed by atoms with E-state index in [0.717, 1.165) is 19.4 Å². The van der Waals surface area contributed by atoms with Crippen molar-refractivity contribution < 1.29 is 14.7 Å². The largest absolute Gasteiger partial charge is 0.481 e. The fourth-order valence-corrected chi connectivity index (χ4v) is 2.37. The molecule has 0 aromatic rings. The molecule has 5 nitrogen and oxygen atoms in total. The summed E-state index contributed by atoms with van der Waals surface area (Å²) in [5.41, 5.74) is -0.756. The summed E-state index contributed by atoms with van der Waals surface area (Å²) in [6, 6.07) is 0. The van der Waals surface area contributed by atoms with Crippen LogP contribution in [0.4, 0.5) is 0 Å². The Morgan fingerprint density at radius 1 is 1.53 bits per heavy atom. The van der Waals surface area contributed by atoms with E-state index in [1.165, 1.54) is 0 Å². The number of hydrogen-bond acceptors (Lipinski definition) is 3. The van der Waals surface area contributed by atoms with Crippen molar-refractivity contribution in [2.24, 2.45) is 11.3 Å². The molecule has 0 bridgehead atoms. The number of hydrogen-bond donors (Lipinski definition) is 2. The van der Waals surface area contributed by atoms with Crippen molar-refractivity contribution in [1.29, 1.82) is 0 Å². The molecule has 1 saturated heterocycles. The van der Waals surface area contributed by atoms with Crippen molar-refractivity contribution in [3.63, 3.8) is 0 Å². The minimum atomic E-state index is -0.781. The fourth-order valence-electron chi connectivity index (χ4n) is 2.37. The lowest BCUT2D eigenvalue weighted by molar-refractivity contribution is -0.151. The number of carboxylic acids is 1. The van der Waals surface area contributed by atoms with Gasteiger partial charge in [0.2, 0.25) is 5.91 Å². The number of carbonyl (C=O) groups is 2. The third-order valence-electron chi connectivity index (χ3n) is 3.83. The second-order valence-corrected chi connectivity index (χ2v) is 5.58. The molecule has 1 aliphatic rings. The monoisotopic (exact) mass is 266 g/mol. The molecule has 0 saturated carbocycles. The molecule has 0 radical (unpaired) electrons. The number of likely N-dealkylation sites (tertiary alicyclic amines) is 1. The minimum Gasteiger partial charge on any atom is -0.481 e. The Hall–Kier alpha value is -1.54. The van der Waals surface area contributed by atoms with Gasteiger partial charge < -0.3 is 10.4 Å². The van der Waals surface area contributed by atoms with Crippen LogP contribution in [0.1, 0.15) is 26.7 Å². The molecule has 5 heteroatoms. The topological polar surface area (TPSA) is 69.6 Å². The first-order valence-electron chi connectivity index (χ1n) is 6.54. The predicted octanol–water partition coefficient (Wildman–Crippen LogP) is 0.559. The van der Waals surface area contributed by atoms with Crippen molar-refractivity contribution in [2.45, 2.75) is 26.7 Å². The Morgan fingerprint density at radius 2 is 2.21 bits per heavy atom. The molecule has 0 aromatic heterocycles. The zero-order valence-corrected chi connectivity index (χ0v) is 11.6. The maximum Gasteiger partial charge on any atom is 0.309 e. The van der Waals surface area contributed by atoms with Gasteiger partial charge >= 0.3 is 5.97 Å². The summed E-state index contributed by atoms with van der Waals surface area (Å²) >= 11 is 0. The third kappa shape index (κ3) is 4.25. The number of nitrogens with one attached hydrogen (secondary N) is 1. The number of piperidine rings is 1. The van der Waals surface area contributed by atoms with Crippen LogP contribution in [-0.4, -0.2) is 48.1 Å². The average molecular weight is 266 g/mol. The van der Waals surface area contributed by atoms with Crippen LogP contribution in [0, 0.1) is 23.7 Å². The van der Waals surface area contributed by atoms with E-state index in [1.807, 2.05) is 4.90 Å². The van der Waals surface area contributed by atoms with Gasteiger partial charge in [-0.2, -0.15) is 0 Å². The summed E-state index contributed by atoms with van der Waals surface area (Å²) in [5.74, 6) is 1.54. The number of nitrogens with zero attached hydrogens (tertiary/aromatic N) is 1. The number of carboxylic acid groups (broad SMARTS) is 1. The summed E-state index contributed by atoms with van der Waals surface area (Å²) in [5, 5.41) is 11.9. The molecule has 0 aliphatic carbocycles. The van der Waals surface area contributed by atoms with E-state index in [9.17, 15) is 14.7 Å². The highest BCUT2D eigenvalue weighted by Gasteiger charge is 2.39. The molecule has 1 heterocycles. The van der Waals surface area contributed by atoms with Crippen LogP contribution in [0.2, 0.25) is 0 Å². The molecule has 106 valence electrons. The van der Waals surface area contributed by atoms with Crippen LogP contribution in [-0.2, 0) is 9.59 Å². The van der Waals surface area contributed by atoms with Crippen LogP contribution >= 0.6 is 0 Å². The molecule has 1 rings (SSSR count). The molecule has 1 unspecified atom stereocenters. The molecule has 2 N–H and O–H groups in total. The smallest absolute Gasteiger partial charge is 0.309 e. The van der Waals surface area contributed by atoms with Gasteiger partial charge in [-0.1, -0.05) is 5.92 Å². The fraction of sp³-hybridized carbons (Fsp3) is 0.714. The first kappa shape index (κ1) is 15.5. The minimum absolute atomic E-state index is 0.0687. The Morgan fingerprint density at radius 3 is 2.79 bits per heavy atom. The number of rotatable bonds is 5. The van der Waals surface area contributed by atoms with Gasteiger partial charge in [0.05, 0.1) is 18.5 Å². The summed E-state index contributed by atoms with van der Waals surface area (Å²) < 4.78 is 0.